The van der Waals surface area contributed by atoms with Crippen LogP contribution in [0.2, 0.25) is 0 Å². The van der Waals surface area contributed by atoms with Crippen LogP contribution in [0.4, 0.5) is 5.69 Å². The van der Waals surface area contributed by atoms with E-state index < -0.39 is 0 Å². The quantitative estimate of drug-likeness (QED) is 0.695. The lowest BCUT2D eigenvalue weighted by atomic mass is 10.1. The number of hydrogen-bond donors (Lipinski definition) is 1. The molecule has 0 unspecified atom stereocenters. The van der Waals surface area contributed by atoms with Gasteiger partial charge in [-0.15, -0.1) is 0 Å². The summed E-state index contributed by atoms with van der Waals surface area (Å²) >= 11 is 3.30. The normalized spacial score (nSPS) is 10.4. The second-order valence-corrected chi connectivity index (χ2v) is 4.57. The van der Waals surface area contributed by atoms with Crippen molar-refractivity contribution in [2.45, 2.75) is 0 Å². The molecule has 5 nitrogen and oxygen atoms in total. The lowest BCUT2D eigenvalue weighted by Crippen LogP contribution is -2.11. The first-order chi connectivity index (χ1) is 8.56. The van der Waals surface area contributed by atoms with E-state index in [1.807, 2.05) is 0 Å². The van der Waals surface area contributed by atoms with Crippen LogP contribution in [0.1, 0.15) is 16.1 Å². The Kier molecular flexibility index (Phi) is 3.38. The van der Waals surface area contributed by atoms with Gasteiger partial charge >= 0.3 is 0 Å². The third-order valence-electron chi connectivity index (χ3n) is 2.64. The van der Waals surface area contributed by atoms with Gasteiger partial charge in [-0.3, -0.25) is 9.48 Å². The van der Waals surface area contributed by atoms with Gasteiger partial charge < -0.3 is 10.5 Å². The first-order valence-corrected chi connectivity index (χ1v) is 6.00. The van der Waals surface area contributed by atoms with Crippen LogP contribution in [0.5, 0.6) is 5.75 Å². The minimum atomic E-state index is -0.196. The van der Waals surface area contributed by atoms with Crippen LogP contribution in [0.3, 0.4) is 0 Å². The van der Waals surface area contributed by atoms with Gasteiger partial charge in [0, 0.05) is 7.05 Å². The Morgan fingerprint density at radius 1 is 1.50 bits per heavy atom. The van der Waals surface area contributed by atoms with Gasteiger partial charge in [0.05, 0.1) is 29.0 Å². The predicted molar refractivity (Wildman–Crippen MR) is 71.7 cm³/mol. The number of rotatable bonds is 3. The van der Waals surface area contributed by atoms with Gasteiger partial charge in [-0.05, 0) is 28.1 Å². The number of methoxy groups -OCH3 is 1. The summed E-state index contributed by atoms with van der Waals surface area (Å²) in [5, 5.41) is 4.01. The van der Waals surface area contributed by atoms with Crippen LogP contribution in [0.15, 0.2) is 28.9 Å². The van der Waals surface area contributed by atoms with Crippen LogP contribution < -0.4 is 10.5 Å². The van der Waals surface area contributed by atoms with Crippen molar-refractivity contribution in [2.24, 2.45) is 7.05 Å². The molecular formula is C12H12BrN3O2. The van der Waals surface area contributed by atoms with Crippen molar-refractivity contribution >= 4 is 27.4 Å². The zero-order valence-corrected chi connectivity index (χ0v) is 11.6. The second-order valence-electron chi connectivity index (χ2n) is 3.72. The number of nitrogens with two attached hydrogens (primary N) is 1. The Morgan fingerprint density at radius 2 is 2.22 bits per heavy atom. The van der Waals surface area contributed by atoms with Crippen LogP contribution in [-0.4, -0.2) is 22.7 Å². The molecule has 0 bridgehead atoms. The predicted octanol–water partition coefficient (Wildman–Crippen LogP) is 2.00. The van der Waals surface area contributed by atoms with Gasteiger partial charge in [0.2, 0.25) is 5.78 Å². The van der Waals surface area contributed by atoms with Crippen molar-refractivity contribution in [1.82, 2.24) is 9.78 Å². The van der Waals surface area contributed by atoms with E-state index in [1.54, 1.807) is 31.4 Å². The number of para-hydroxylation sites is 1. The third kappa shape index (κ3) is 1.99. The molecule has 0 aliphatic carbocycles. The molecule has 0 saturated heterocycles. The molecule has 2 rings (SSSR count). The molecule has 1 aromatic heterocycles. The molecule has 0 fully saturated rings. The highest BCUT2D eigenvalue weighted by Crippen LogP contribution is 2.28. The molecule has 0 saturated carbocycles. The highest BCUT2D eigenvalue weighted by atomic mass is 79.9. The fraction of sp³-hybridized carbons (Fsp3) is 0.167. The van der Waals surface area contributed by atoms with Crippen LogP contribution in [-0.2, 0) is 7.05 Å². The summed E-state index contributed by atoms with van der Waals surface area (Å²) in [4.78, 5) is 12.4. The van der Waals surface area contributed by atoms with E-state index in [0.29, 0.717) is 27.2 Å². The van der Waals surface area contributed by atoms with E-state index in [9.17, 15) is 4.79 Å². The average Bonchev–Trinajstić information content (AvgIpc) is 2.68. The summed E-state index contributed by atoms with van der Waals surface area (Å²) in [6, 6.07) is 5.11. The molecular weight excluding hydrogens is 298 g/mol. The molecule has 0 radical (unpaired) electrons. The summed E-state index contributed by atoms with van der Waals surface area (Å²) in [5.41, 5.74) is 7.10. The van der Waals surface area contributed by atoms with Gasteiger partial charge in [-0.25, -0.2) is 0 Å². The molecule has 0 aliphatic rings. The monoisotopic (exact) mass is 309 g/mol. The maximum Gasteiger partial charge on any atom is 0.214 e. The Balaban J connectivity index is 2.53. The number of carbonyl (C=O) groups is 1. The number of ether oxygens (including phenoxy) is 1. The van der Waals surface area contributed by atoms with Crippen molar-refractivity contribution in [3.63, 3.8) is 0 Å². The van der Waals surface area contributed by atoms with Crippen molar-refractivity contribution in [3.05, 3.63) is 40.1 Å². The van der Waals surface area contributed by atoms with Gasteiger partial charge in [0.15, 0.2) is 0 Å². The minimum absolute atomic E-state index is 0.196. The first kappa shape index (κ1) is 12.6. The Morgan fingerprint density at radius 3 is 2.78 bits per heavy atom. The highest BCUT2D eigenvalue weighted by Gasteiger charge is 2.20. The highest BCUT2D eigenvalue weighted by molar-refractivity contribution is 9.10. The van der Waals surface area contributed by atoms with E-state index in [1.165, 1.54) is 11.8 Å². The number of halogens is 1. The summed E-state index contributed by atoms with van der Waals surface area (Å²) < 4.78 is 7.24. The van der Waals surface area contributed by atoms with Gasteiger partial charge in [-0.1, -0.05) is 6.07 Å². The molecule has 2 N–H and O–H groups in total. The summed E-state index contributed by atoms with van der Waals surface area (Å²) in [6.07, 6.45) is 1.57. The summed E-state index contributed by atoms with van der Waals surface area (Å²) in [5.74, 6) is 0.289. The maximum absolute atomic E-state index is 12.4. The zero-order chi connectivity index (χ0) is 13.3. The molecule has 0 spiro atoms. The number of ketones is 1. The van der Waals surface area contributed by atoms with E-state index in [4.69, 9.17) is 10.5 Å². The fourth-order valence-corrected chi connectivity index (χ4v) is 2.24. The number of hydrogen-bond acceptors (Lipinski definition) is 4. The van der Waals surface area contributed by atoms with Gasteiger partial charge in [0.25, 0.3) is 0 Å². The lowest BCUT2D eigenvalue weighted by molar-refractivity contribution is 0.103. The number of nitrogens with zero attached hydrogens (tertiary/aromatic N) is 2. The Labute approximate surface area is 113 Å². The van der Waals surface area contributed by atoms with E-state index in [-0.39, 0.29) is 5.78 Å². The van der Waals surface area contributed by atoms with Crippen molar-refractivity contribution in [1.29, 1.82) is 0 Å². The van der Waals surface area contributed by atoms with Gasteiger partial charge in [-0.2, -0.15) is 5.10 Å². The van der Waals surface area contributed by atoms with E-state index in [0.717, 1.165) is 0 Å². The minimum Gasteiger partial charge on any atom is -0.495 e. The molecule has 94 valence electrons. The van der Waals surface area contributed by atoms with Crippen LogP contribution in [0, 0.1) is 0 Å². The number of nitrogen functional groups attached to an aromatic ring is 1. The Hall–Kier alpha value is -1.82. The average molecular weight is 310 g/mol. The third-order valence-corrected chi connectivity index (χ3v) is 3.22. The van der Waals surface area contributed by atoms with Crippen LogP contribution in [0.25, 0.3) is 0 Å². The topological polar surface area (TPSA) is 70.1 Å². The molecule has 18 heavy (non-hydrogen) atoms. The maximum atomic E-state index is 12.4. The van der Waals surface area contributed by atoms with Crippen molar-refractivity contribution < 1.29 is 9.53 Å². The zero-order valence-electron chi connectivity index (χ0n) is 9.98. The largest absolute Gasteiger partial charge is 0.495 e. The molecule has 0 atom stereocenters. The fourth-order valence-electron chi connectivity index (χ4n) is 1.71. The molecule has 0 aliphatic heterocycles. The van der Waals surface area contributed by atoms with Crippen molar-refractivity contribution in [3.8, 4) is 5.75 Å². The SMILES string of the molecule is COc1cccc(C(=O)c2c(Br)cnn2C)c1N. The molecule has 1 aromatic carbocycles. The van der Waals surface area contributed by atoms with Crippen molar-refractivity contribution in [2.75, 3.05) is 12.8 Å². The Bertz CT molecular complexity index is 588. The van der Waals surface area contributed by atoms with E-state index in [2.05, 4.69) is 21.0 Å². The number of aromatic nitrogens is 2. The number of aryl methyl sites for hydroxylation is 1. The second kappa shape index (κ2) is 4.81. The molecule has 0 amide bonds. The number of anilines is 1. The molecule has 2 aromatic rings. The number of carbonyl (C=O) groups excluding carboxylic acids is 1. The summed E-state index contributed by atoms with van der Waals surface area (Å²) in [6.45, 7) is 0. The lowest BCUT2D eigenvalue weighted by Gasteiger charge is -2.09. The van der Waals surface area contributed by atoms with Crippen LogP contribution >= 0.6 is 15.9 Å². The smallest absolute Gasteiger partial charge is 0.214 e. The first-order valence-electron chi connectivity index (χ1n) is 5.21. The molecule has 6 heteroatoms. The van der Waals surface area contributed by atoms with Gasteiger partial charge in [0.1, 0.15) is 11.4 Å². The number of benzene rings is 1. The standard InChI is InChI=1S/C12H12BrN3O2/c1-16-11(8(13)6-15-16)12(17)7-4-3-5-9(18-2)10(7)14/h3-6H,14H2,1-2H3. The molecule has 1 heterocycles. The van der Waals surface area contributed by atoms with E-state index >= 15 is 0 Å². The summed E-state index contributed by atoms with van der Waals surface area (Å²) in [7, 11) is 3.22.